The Hall–Kier alpha value is -3.19. The number of carbonyl (C=O) groups is 1. The maximum absolute atomic E-state index is 12.0. The normalized spacial score (nSPS) is 16.7. The van der Waals surface area contributed by atoms with Crippen LogP contribution < -0.4 is 5.73 Å². The molecule has 3 aromatic heterocycles. The van der Waals surface area contributed by atoms with E-state index < -0.39 is 0 Å². The van der Waals surface area contributed by atoms with Crippen LogP contribution >= 0.6 is 11.3 Å². The average molecular weight is 404 g/mol. The van der Waals surface area contributed by atoms with E-state index in [1.807, 2.05) is 9.42 Å². The lowest BCUT2D eigenvalue weighted by Crippen LogP contribution is -2.26. The predicted octanol–water partition coefficient (Wildman–Crippen LogP) is 4.00. The molecule has 0 unspecified atom stereocenters. The Labute approximate surface area is 172 Å². The molecule has 146 valence electrons. The average Bonchev–Trinajstić information content (AvgIpc) is 3.44. The second kappa shape index (κ2) is 6.70. The number of rotatable bonds is 3. The third kappa shape index (κ3) is 2.81. The third-order valence-corrected chi connectivity index (χ3v) is 7.03. The third-order valence-electron chi connectivity index (χ3n) is 5.71. The minimum absolute atomic E-state index is 0.0253. The number of benzene rings is 1. The zero-order chi connectivity index (χ0) is 20.1. The highest BCUT2D eigenvalue weighted by Crippen LogP contribution is 2.41. The zero-order valence-corrected chi connectivity index (χ0v) is 16.9. The van der Waals surface area contributed by atoms with Crippen LogP contribution in [0.1, 0.15) is 23.6 Å². The number of fused-ring (bicyclic) bond motifs is 2. The molecule has 7 heteroatoms. The molecule has 1 aliphatic rings. The lowest BCUT2D eigenvalue weighted by atomic mass is 10.0. The first-order valence-corrected chi connectivity index (χ1v) is 10.4. The van der Waals surface area contributed by atoms with Crippen molar-refractivity contribution in [2.75, 3.05) is 18.8 Å². The van der Waals surface area contributed by atoms with Crippen LogP contribution in [0.25, 0.3) is 26.0 Å². The first-order chi connectivity index (χ1) is 14.1. The van der Waals surface area contributed by atoms with Crippen molar-refractivity contribution in [3.05, 3.63) is 60.6 Å². The van der Waals surface area contributed by atoms with Gasteiger partial charge in [-0.05, 0) is 42.5 Å². The molecule has 1 saturated heterocycles. The predicted molar refractivity (Wildman–Crippen MR) is 117 cm³/mol. The van der Waals surface area contributed by atoms with Crippen LogP contribution in [0.4, 0.5) is 5.82 Å². The Bertz CT molecular complexity index is 1270. The van der Waals surface area contributed by atoms with E-state index in [0.717, 1.165) is 34.6 Å². The van der Waals surface area contributed by atoms with Gasteiger partial charge < -0.3 is 10.6 Å². The van der Waals surface area contributed by atoms with Crippen molar-refractivity contribution >= 4 is 38.7 Å². The molecule has 5 rings (SSSR count). The van der Waals surface area contributed by atoms with Crippen molar-refractivity contribution in [3.8, 4) is 10.4 Å². The number of carbonyl (C=O) groups excluding carboxylic acids is 1. The van der Waals surface area contributed by atoms with Gasteiger partial charge in [0.1, 0.15) is 11.8 Å². The maximum atomic E-state index is 12.0. The first-order valence-electron chi connectivity index (χ1n) is 9.60. The number of aromatic nitrogens is 3. The molecule has 0 saturated carbocycles. The number of likely N-dealkylation sites (tertiary alicyclic amines) is 1. The van der Waals surface area contributed by atoms with Crippen LogP contribution in [-0.2, 0) is 4.79 Å². The van der Waals surface area contributed by atoms with Crippen molar-refractivity contribution in [2.24, 2.45) is 0 Å². The standard InChI is InChI=1S/C22H21N5OS/c1-3-19(28)26-8-7-15(11-26)17-10-16(20-22(23)24-12-25-27(17)20)18-9-14-6-4-5-13(2)21(14)29-18/h3-6,9-10,12,15H,1,7-8,11H2,2H3,(H2,23,24,25)/t15-/m1/s1. The molecule has 1 fully saturated rings. The van der Waals surface area contributed by atoms with Gasteiger partial charge in [0.05, 0.1) is 0 Å². The maximum Gasteiger partial charge on any atom is 0.245 e. The highest BCUT2D eigenvalue weighted by molar-refractivity contribution is 7.22. The topological polar surface area (TPSA) is 76.5 Å². The zero-order valence-electron chi connectivity index (χ0n) is 16.1. The smallest absolute Gasteiger partial charge is 0.245 e. The fourth-order valence-corrected chi connectivity index (χ4v) is 5.39. The van der Waals surface area contributed by atoms with Gasteiger partial charge in [-0.3, -0.25) is 4.79 Å². The molecule has 0 aliphatic carbocycles. The number of nitrogen functional groups attached to an aromatic ring is 1. The Balaban J connectivity index is 1.66. The number of anilines is 1. The van der Waals surface area contributed by atoms with Crippen LogP contribution in [0.3, 0.4) is 0 Å². The second-order valence-electron chi connectivity index (χ2n) is 7.47. The molecule has 1 amide bonds. The molecular weight excluding hydrogens is 382 g/mol. The van der Waals surface area contributed by atoms with E-state index >= 15 is 0 Å². The van der Waals surface area contributed by atoms with Gasteiger partial charge in [-0.25, -0.2) is 9.50 Å². The number of aryl methyl sites for hydroxylation is 1. The SMILES string of the molecule is C=CC(=O)N1CC[C@@H](c2cc(-c3cc4cccc(C)c4s3)c3c(N)ncnn23)C1. The summed E-state index contributed by atoms with van der Waals surface area (Å²) >= 11 is 1.76. The number of hydrogen-bond acceptors (Lipinski definition) is 5. The monoisotopic (exact) mass is 403 g/mol. The minimum atomic E-state index is -0.0253. The van der Waals surface area contributed by atoms with Crippen LogP contribution in [0.15, 0.2) is 49.3 Å². The lowest BCUT2D eigenvalue weighted by molar-refractivity contribution is -0.125. The fraction of sp³-hybridized carbons (Fsp3) is 0.227. The molecule has 4 heterocycles. The fourth-order valence-electron chi connectivity index (χ4n) is 4.24. The summed E-state index contributed by atoms with van der Waals surface area (Å²) in [5.74, 6) is 0.640. The molecule has 2 N–H and O–H groups in total. The van der Waals surface area contributed by atoms with Gasteiger partial charge >= 0.3 is 0 Å². The molecule has 1 atom stereocenters. The van der Waals surface area contributed by atoms with Crippen LogP contribution in [-0.4, -0.2) is 38.5 Å². The molecule has 0 radical (unpaired) electrons. The van der Waals surface area contributed by atoms with Gasteiger partial charge in [-0.15, -0.1) is 11.3 Å². The van der Waals surface area contributed by atoms with Gasteiger partial charge in [0.15, 0.2) is 5.82 Å². The first kappa shape index (κ1) is 17.9. The van der Waals surface area contributed by atoms with Gasteiger partial charge in [0.2, 0.25) is 5.91 Å². The van der Waals surface area contributed by atoms with Crippen molar-refractivity contribution in [1.29, 1.82) is 0 Å². The lowest BCUT2D eigenvalue weighted by Gasteiger charge is -2.14. The Morgan fingerprint density at radius 2 is 2.24 bits per heavy atom. The van der Waals surface area contributed by atoms with E-state index in [1.165, 1.54) is 28.1 Å². The number of amides is 1. The van der Waals surface area contributed by atoms with Gasteiger partial charge in [-0.1, -0.05) is 24.8 Å². The summed E-state index contributed by atoms with van der Waals surface area (Å²) < 4.78 is 3.18. The summed E-state index contributed by atoms with van der Waals surface area (Å²) in [5.41, 5.74) is 10.5. The van der Waals surface area contributed by atoms with Crippen LogP contribution in [0.5, 0.6) is 0 Å². The van der Waals surface area contributed by atoms with E-state index in [9.17, 15) is 4.79 Å². The highest BCUT2D eigenvalue weighted by Gasteiger charge is 2.30. The molecule has 6 nitrogen and oxygen atoms in total. The Kier molecular flexibility index (Phi) is 4.13. The quantitative estimate of drug-likeness (QED) is 0.525. The van der Waals surface area contributed by atoms with Crippen molar-refractivity contribution < 1.29 is 4.79 Å². The number of nitrogens with two attached hydrogens (primary N) is 1. The molecule has 1 aliphatic heterocycles. The summed E-state index contributed by atoms with van der Waals surface area (Å²) in [6, 6.07) is 10.7. The number of thiophene rings is 1. The Morgan fingerprint density at radius 1 is 1.38 bits per heavy atom. The molecule has 0 spiro atoms. The van der Waals surface area contributed by atoms with Crippen LogP contribution in [0, 0.1) is 6.92 Å². The summed E-state index contributed by atoms with van der Waals surface area (Å²) in [6.45, 7) is 7.12. The van der Waals surface area contributed by atoms with Crippen LogP contribution in [0.2, 0.25) is 0 Å². The minimum Gasteiger partial charge on any atom is -0.382 e. The van der Waals surface area contributed by atoms with Crippen molar-refractivity contribution in [3.63, 3.8) is 0 Å². The van der Waals surface area contributed by atoms with E-state index in [4.69, 9.17) is 5.73 Å². The van der Waals surface area contributed by atoms with E-state index in [2.05, 4.69) is 53.9 Å². The summed E-state index contributed by atoms with van der Waals surface area (Å²) in [6.07, 6.45) is 3.76. The van der Waals surface area contributed by atoms with Crippen molar-refractivity contribution in [1.82, 2.24) is 19.5 Å². The molecule has 1 aromatic carbocycles. The summed E-state index contributed by atoms with van der Waals surface area (Å²) in [4.78, 5) is 19.2. The molecule has 4 aromatic rings. The van der Waals surface area contributed by atoms with E-state index in [-0.39, 0.29) is 11.8 Å². The summed E-state index contributed by atoms with van der Waals surface area (Å²) in [5, 5.41) is 5.73. The van der Waals surface area contributed by atoms with E-state index in [1.54, 1.807) is 11.3 Å². The molecule has 29 heavy (non-hydrogen) atoms. The Morgan fingerprint density at radius 3 is 3.03 bits per heavy atom. The summed E-state index contributed by atoms with van der Waals surface area (Å²) in [7, 11) is 0. The molecular formula is C22H21N5OS. The second-order valence-corrected chi connectivity index (χ2v) is 8.52. The van der Waals surface area contributed by atoms with E-state index in [0.29, 0.717) is 12.4 Å². The molecule has 0 bridgehead atoms. The largest absolute Gasteiger partial charge is 0.382 e. The number of nitrogens with zero attached hydrogens (tertiary/aromatic N) is 4. The van der Waals surface area contributed by atoms with Gasteiger partial charge in [-0.2, -0.15) is 5.10 Å². The van der Waals surface area contributed by atoms with Crippen molar-refractivity contribution in [2.45, 2.75) is 19.3 Å². The number of hydrogen-bond donors (Lipinski definition) is 1. The van der Waals surface area contributed by atoms with Gasteiger partial charge in [0.25, 0.3) is 0 Å². The van der Waals surface area contributed by atoms with Gasteiger partial charge in [0, 0.05) is 39.8 Å². The highest BCUT2D eigenvalue weighted by atomic mass is 32.1.